The minimum Gasteiger partial charge on any atom is -0.444 e. The van der Waals surface area contributed by atoms with Crippen LogP contribution in [0, 0.1) is 10.1 Å². The van der Waals surface area contributed by atoms with E-state index in [1.807, 2.05) is 37.5 Å². The number of fused-ring (bicyclic) bond motifs is 1. The normalized spacial score (nSPS) is 15.1. The second kappa shape index (κ2) is 5.59. The summed E-state index contributed by atoms with van der Waals surface area (Å²) in [5.74, 6) is 0. The summed E-state index contributed by atoms with van der Waals surface area (Å²) in [5, 5.41) is 10.4. The van der Waals surface area contributed by atoms with Crippen molar-refractivity contribution >= 4 is 12.2 Å². The summed E-state index contributed by atoms with van der Waals surface area (Å²) in [6.07, 6.45) is 2.05. The molecule has 1 aliphatic rings. The molecule has 1 aromatic heterocycles. The summed E-state index contributed by atoms with van der Waals surface area (Å²) in [5.41, 5.74) is 1.19. The number of carbonyl (C=O) groups excluding carboxylic acids is 1. The molecular weight excluding hydrogens is 274 g/mol. The van der Waals surface area contributed by atoms with Crippen LogP contribution in [0.25, 0.3) is 6.08 Å². The molecule has 0 unspecified atom stereocenters. The quantitative estimate of drug-likeness (QED) is 0.620. The lowest BCUT2D eigenvalue weighted by Gasteiger charge is -2.31. The van der Waals surface area contributed by atoms with Gasteiger partial charge in [-0.05, 0) is 32.9 Å². The van der Waals surface area contributed by atoms with Gasteiger partial charge in [0.15, 0.2) is 0 Å². The van der Waals surface area contributed by atoms with E-state index in [1.54, 1.807) is 4.90 Å². The summed E-state index contributed by atoms with van der Waals surface area (Å²) in [6, 6.07) is 3.68. The number of hydrogen-bond donors (Lipinski definition) is 0. The second-order valence-corrected chi connectivity index (χ2v) is 5.90. The largest absolute Gasteiger partial charge is 0.444 e. The first-order valence-corrected chi connectivity index (χ1v) is 6.74. The molecule has 7 heteroatoms. The Morgan fingerprint density at radius 3 is 2.71 bits per heavy atom. The van der Waals surface area contributed by atoms with Gasteiger partial charge in [-0.2, -0.15) is 0 Å². The Balaban J connectivity index is 2.08. The van der Waals surface area contributed by atoms with Gasteiger partial charge in [-0.1, -0.05) is 0 Å². The molecule has 7 nitrogen and oxygen atoms in total. The predicted molar refractivity (Wildman–Crippen MR) is 77.1 cm³/mol. The van der Waals surface area contributed by atoms with Crippen LogP contribution in [0.4, 0.5) is 4.79 Å². The molecule has 0 aromatic carbocycles. The second-order valence-electron chi connectivity index (χ2n) is 5.90. The minimum absolute atomic E-state index is 0.336. The maximum absolute atomic E-state index is 12.0. The molecule has 1 aliphatic heterocycles. The molecule has 1 aromatic rings. The number of ether oxygens (including phenoxy) is 1. The monoisotopic (exact) mass is 293 g/mol. The summed E-state index contributed by atoms with van der Waals surface area (Å²) in [6.45, 7) is 7.06. The number of rotatable bonds is 2. The number of nitro groups is 1. The fourth-order valence-electron chi connectivity index (χ4n) is 2.20. The van der Waals surface area contributed by atoms with Crippen molar-refractivity contribution in [3.63, 3.8) is 0 Å². The molecule has 0 aliphatic carbocycles. The third-order valence-electron chi connectivity index (χ3n) is 3.07. The zero-order valence-electron chi connectivity index (χ0n) is 12.4. The molecule has 2 heterocycles. The van der Waals surface area contributed by atoms with Crippen LogP contribution in [0.1, 0.15) is 32.2 Å². The van der Waals surface area contributed by atoms with E-state index < -0.39 is 10.5 Å². The Bertz CT molecular complexity index is 584. The lowest BCUT2D eigenvalue weighted by molar-refractivity contribution is -0.401. The Labute approximate surface area is 122 Å². The fourth-order valence-corrected chi connectivity index (χ4v) is 2.20. The van der Waals surface area contributed by atoms with Crippen molar-refractivity contribution in [3.8, 4) is 0 Å². The van der Waals surface area contributed by atoms with Crippen LogP contribution in [0.2, 0.25) is 0 Å². The van der Waals surface area contributed by atoms with Crippen LogP contribution >= 0.6 is 0 Å². The smallest absolute Gasteiger partial charge is 0.410 e. The van der Waals surface area contributed by atoms with E-state index in [-0.39, 0.29) is 6.09 Å². The standard InChI is InChI=1S/C14H19N3O4/c1-14(2,3)21-13(18)15-8-9-16-11(6-7-17(19)20)4-5-12(16)10-15/h4-7H,8-10H2,1-3H3. The van der Waals surface area contributed by atoms with E-state index in [2.05, 4.69) is 0 Å². The van der Waals surface area contributed by atoms with E-state index >= 15 is 0 Å². The van der Waals surface area contributed by atoms with E-state index in [4.69, 9.17) is 4.74 Å². The van der Waals surface area contributed by atoms with Gasteiger partial charge >= 0.3 is 6.09 Å². The van der Waals surface area contributed by atoms with Crippen LogP contribution in [-0.2, 0) is 17.8 Å². The van der Waals surface area contributed by atoms with Gasteiger partial charge in [0, 0.05) is 30.6 Å². The molecule has 0 N–H and O–H groups in total. The highest BCUT2D eigenvalue weighted by Gasteiger charge is 2.26. The molecule has 2 rings (SSSR count). The average Bonchev–Trinajstić information content (AvgIpc) is 2.76. The number of nitrogens with zero attached hydrogens (tertiary/aromatic N) is 3. The molecule has 0 saturated carbocycles. The zero-order valence-corrected chi connectivity index (χ0v) is 12.4. The van der Waals surface area contributed by atoms with Crippen molar-refractivity contribution in [2.75, 3.05) is 6.54 Å². The van der Waals surface area contributed by atoms with Crippen LogP contribution in [0.3, 0.4) is 0 Å². The van der Waals surface area contributed by atoms with Gasteiger partial charge in [0.05, 0.1) is 11.5 Å². The molecule has 0 saturated heterocycles. The number of hydrogen-bond acceptors (Lipinski definition) is 4. The molecule has 1 amide bonds. The zero-order chi connectivity index (χ0) is 15.6. The predicted octanol–water partition coefficient (Wildman–Crippen LogP) is 2.49. The van der Waals surface area contributed by atoms with Gasteiger partial charge in [0.1, 0.15) is 5.60 Å². The van der Waals surface area contributed by atoms with Crippen LogP contribution in [0.5, 0.6) is 0 Å². The van der Waals surface area contributed by atoms with E-state index in [0.29, 0.717) is 19.6 Å². The van der Waals surface area contributed by atoms with Crippen LogP contribution in [0.15, 0.2) is 18.3 Å². The molecule has 0 atom stereocenters. The highest BCUT2D eigenvalue weighted by atomic mass is 16.6. The van der Waals surface area contributed by atoms with Crippen LogP contribution in [-0.4, -0.2) is 32.6 Å². The third kappa shape index (κ3) is 3.84. The van der Waals surface area contributed by atoms with Gasteiger partial charge in [0.25, 0.3) is 0 Å². The van der Waals surface area contributed by atoms with E-state index in [9.17, 15) is 14.9 Å². The maximum Gasteiger partial charge on any atom is 0.410 e. The first-order chi connectivity index (χ1) is 9.76. The summed E-state index contributed by atoms with van der Waals surface area (Å²) in [4.78, 5) is 23.6. The lowest BCUT2D eigenvalue weighted by Crippen LogP contribution is -2.41. The fraction of sp³-hybridized carbons (Fsp3) is 0.500. The first-order valence-electron chi connectivity index (χ1n) is 6.74. The molecule has 114 valence electrons. The van der Waals surface area contributed by atoms with Gasteiger partial charge in [0.2, 0.25) is 6.20 Å². The van der Waals surface area contributed by atoms with Crippen molar-refractivity contribution < 1.29 is 14.5 Å². The first kappa shape index (κ1) is 15.1. The molecule has 0 radical (unpaired) electrons. The number of carbonyl (C=O) groups is 1. The molecule has 0 spiro atoms. The Hall–Kier alpha value is -2.31. The van der Waals surface area contributed by atoms with Crippen molar-refractivity contribution in [1.82, 2.24) is 9.47 Å². The van der Waals surface area contributed by atoms with Crippen molar-refractivity contribution in [1.29, 1.82) is 0 Å². The minimum atomic E-state index is -0.518. The topological polar surface area (TPSA) is 77.6 Å². The molecule has 21 heavy (non-hydrogen) atoms. The summed E-state index contributed by atoms with van der Waals surface area (Å²) >= 11 is 0. The van der Waals surface area contributed by atoms with E-state index in [1.165, 1.54) is 6.08 Å². The van der Waals surface area contributed by atoms with Crippen molar-refractivity contribution in [2.24, 2.45) is 0 Å². The highest BCUT2D eigenvalue weighted by Crippen LogP contribution is 2.20. The van der Waals surface area contributed by atoms with Gasteiger partial charge in [-0.15, -0.1) is 0 Å². The van der Waals surface area contributed by atoms with Gasteiger partial charge < -0.3 is 14.2 Å². The van der Waals surface area contributed by atoms with Crippen molar-refractivity contribution in [3.05, 3.63) is 39.8 Å². The van der Waals surface area contributed by atoms with Gasteiger partial charge in [-0.25, -0.2) is 4.79 Å². The molecular formula is C14H19N3O4. The number of aromatic nitrogens is 1. The average molecular weight is 293 g/mol. The number of amides is 1. The summed E-state index contributed by atoms with van der Waals surface area (Å²) in [7, 11) is 0. The third-order valence-corrected chi connectivity index (χ3v) is 3.07. The van der Waals surface area contributed by atoms with Crippen molar-refractivity contribution in [2.45, 2.75) is 39.5 Å². The Morgan fingerprint density at radius 1 is 1.38 bits per heavy atom. The SMILES string of the molecule is CC(C)(C)OC(=O)N1CCn2c(C=C[N+](=O)[O-])ccc2C1. The van der Waals surface area contributed by atoms with E-state index in [0.717, 1.165) is 17.6 Å². The molecule has 0 fully saturated rings. The molecule has 0 bridgehead atoms. The maximum atomic E-state index is 12.0. The highest BCUT2D eigenvalue weighted by molar-refractivity contribution is 5.68. The Kier molecular flexibility index (Phi) is 4.02. The Morgan fingerprint density at radius 2 is 2.10 bits per heavy atom. The summed E-state index contributed by atoms with van der Waals surface area (Å²) < 4.78 is 7.33. The van der Waals surface area contributed by atoms with Gasteiger partial charge in [-0.3, -0.25) is 10.1 Å². The lowest BCUT2D eigenvalue weighted by atomic mass is 10.2. The van der Waals surface area contributed by atoms with Crippen LogP contribution < -0.4 is 0 Å².